The molecule has 1 fully saturated rings. The number of ether oxygens (including phenoxy) is 1. The predicted octanol–water partition coefficient (Wildman–Crippen LogP) is 3.95. The van der Waals surface area contributed by atoms with E-state index in [0.717, 1.165) is 43.1 Å². The second-order valence-electron chi connectivity index (χ2n) is 6.72. The Morgan fingerprint density at radius 3 is 2.63 bits per heavy atom. The van der Waals surface area contributed by atoms with Crippen LogP contribution in [-0.2, 0) is 0 Å². The molecule has 1 amide bonds. The highest BCUT2D eigenvalue weighted by molar-refractivity contribution is 5.95. The molecule has 2 aliphatic heterocycles. The molecule has 0 bridgehead atoms. The number of anilines is 2. The van der Waals surface area contributed by atoms with Crippen LogP contribution < -0.4 is 9.64 Å². The van der Waals surface area contributed by atoms with E-state index in [4.69, 9.17) is 4.74 Å². The summed E-state index contributed by atoms with van der Waals surface area (Å²) in [5.74, 6) is 1.43. The summed E-state index contributed by atoms with van der Waals surface area (Å²) in [6.07, 6.45) is 5.00. The van der Waals surface area contributed by atoms with Crippen LogP contribution in [0.5, 0.6) is 5.75 Å². The molecule has 2 aromatic rings. The largest absolute Gasteiger partial charge is 0.488 e. The maximum absolute atomic E-state index is 12.7. The third-order valence-corrected chi connectivity index (χ3v) is 4.93. The van der Waals surface area contributed by atoms with E-state index in [9.17, 15) is 4.79 Å². The molecule has 1 saturated heterocycles. The monoisotopic (exact) mass is 365 g/mol. The van der Waals surface area contributed by atoms with E-state index < -0.39 is 0 Å². The van der Waals surface area contributed by atoms with Crippen molar-refractivity contribution in [2.45, 2.75) is 19.3 Å². The highest BCUT2D eigenvalue weighted by Gasteiger charge is 2.25. The molecule has 0 saturated carbocycles. The van der Waals surface area contributed by atoms with Crippen LogP contribution in [0.1, 0.15) is 29.6 Å². The maximum atomic E-state index is 12.7. The van der Waals surface area contributed by atoms with Gasteiger partial charge in [0.25, 0.3) is 5.91 Å². The SMILES string of the molecule is CN=Nc1ccc(N2CCOc3cc(C(=O)N4CCCCC4)cnc32)cc1. The third kappa shape index (κ3) is 3.63. The van der Waals surface area contributed by atoms with E-state index in [-0.39, 0.29) is 5.91 Å². The van der Waals surface area contributed by atoms with Crippen LogP contribution in [0.4, 0.5) is 17.2 Å². The molecule has 0 unspecified atom stereocenters. The van der Waals surface area contributed by atoms with Gasteiger partial charge in [-0.2, -0.15) is 10.2 Å². The van der Waals surface area contributed by atoms with Gasteiger partial charge in [0.15, 0.2) is 11.6 Å². The summed E-state index contributed by atoms with van der Waals surface area (Å²) in [6, 6.07) is 9.66. The van der Waals surface area contributed by atoms with Crippen LogP contribution in [0.3, 0.4) is 0 Å². The van der Waals surface area contributed by atoms with Crippen molar-refractivity contribution >= 4 is 23.1 Å². The zero-order chi connectivity index (χ0) is 18.6. The highest BCUT2D eigenvalue weighted by Crippen LogP contribution is 2.36. The number of fused-ring (bicyclic) bond motifs is 1. The molecule has 0 spiro atoms. The zero-order valence-electron chi connectivity index (χ0n) is 15.5. The Kier molecular flexibility index (Phi) is 5.00. The number of hydrogen-bond acceptors (Lipinski definition) is 6. The smallest absolute Gasteiger partial charge is 0.255 e. The van der Waals surface area contributed by atoms with Crippen molar-refractivity contribution in [3.8, 4) is 5.75 Å². The van der Waals surface area contributed by atoms with E-state index in [1.54, 1.807) is 13.2 Å². The Labute approximate surface area is 158 Å². The van der Waals surface area contributed by atoms with Gasteiger partial charge in [-0.1, -0.05) is 0 Å². The van der Waals surface area contributed by atoms with E-state index >= 15 is 0 Å². The molecule has 0 N–H and O–H groups in total. The molecule has 27 heavy (non-hydrogen) atoms. The summed E-state index contributed by atoms with van der Waals surface area (Å²) in [6.45, 7) is 2.90. The number of likely N-dealkylation sites (tertiary alicyclic amines) is 1. The maximum Gasteiger partial charge on any atom is 0.255 e. The van der Waals surface area contributed by atoms with E-state index in [2.05, 4.69) is 20.1 Å². The normalized spacial score (nSPS) is 16.9. The third-order valence-electron chi connectivity index (χ3n) is 4.93. The number of aromatic nitrogens is 1. The molecule has 7 nitrogen and oxygen atoms in total. The van der Waals surface area contributed by atoms with Gasteiger partial charge in [0.05, 0.1) is 17.8 Å². The molecule has 1 aromatic carbocycles. The Morgan fingerprint density at radius 1 is 1.11 bits per heavy atom. The van der Waals surface area contributed by atoms with Gasteiger partial charge < -0.3 is 14.5 Å². The first kappa shape index (κ1) is 17.5. The average Bonchev–Trinajstić information content (AvgIpc) is 2.74. The van der Waals surface area contributed by atoms with Crippen molar-refractivity contribution in [2.24, 2.45) is 10.2 Å². The highest BCUT2D eigenvalue weighted by atomic mass is 16.5. The molecular weight excluding hydrogens is 342 g/mol. The van der Waals surface area contributed by atoms with Crippen LogP contribution in [0.15, 0.2) is 46.8 Å². The Balaban J connectivity index is 1.58. The Morgan fingerprint density at radius 2 is 1.89 bits per heavy atom. The molecular formula is C20H23N5O2. The fraction of sp³-hybridized carbons (Fsp3) is 0.400. The zero-order valence-corrected chi connectivity index (χ0v) is 15.5. The second-order valence-corrected chi connectivity index (χ2v) is 6.72. The number of piperidine rings is 1. The number of carbonyl (C=O) groups is 1. The van der Waals surface area contributed by atoms with E-state index in [1.807, 2.05) is 35.2 Å². The minimum atomic E-state index is 0.0417. The van der Waals surface area contributed by atoms with Crippen molar-refractivity contribution in [3.05, 3.63) is 42.1 Å². The first-order valence-corrected chi connectivity index (χ1v) is 9.36. The lowest BCUT2D eigenvalue weighted by Gasteiger charge is -2.31. The Bertz CT molecular complexity index is 844. The molecule has 1 aromatic heterocycles. The molecule has 2 aliphatic rings. The van der Waals surface area contributed by atoms with Crippen LogP contribution in [-0.4, -0.2) is 49.1 Å². The fourth-order valence-electron chi connectivity index (χ4n) is 3.56. The summed E-state index contributed by atoms with van der Waals surface area (Å²) >= 11 is 0. The van der Waals surface area contributed by atoms with Crippen LogP contribution in [0, 0.1) is 0 Å². The summed E-state index contributed by atoms with van der Waals surface area (Å²) in [7, 11) is 1.65. The van der Waals surface area contributed by atoms with Gasteiger partial charge in [-0.3, -0.25) is 4.79 Å². The number of nitrogens with zero attached hydrogens (tertiary/aromatic N) is 5. The van der Waals surface area contributed by atoms with E-state index in [0.29, 0.717) is 24.5 Å². The minimum Gasteiger partial charge on any atom is -0.488 e. The van der Waals surface area contributed by atoms with Gasteiger partial charge in [0.2, 0.25) is 0 Å². The van der Waals surface area contributed by atoms with E-state index in [1.165, 1.54) is 6.42 Å². The van der Waals surface area contributed by atoms with Crippen molar-refractivity contribution in [1.82, 2.24) is 9.88 Å². The standard InChI is InChI=1S/C20H23N5O2/c1-21-23-16-5-7-17(8-6-16)25-11-12-27-18-13-15(14-22-19(18)25)20(26)24-9-3-2-4-10-24/h5-8,13-14H,2-4,9-12H2,1H3. The number of carbonyl (C=O) groups excluding carboxylic acids is 1. The van der Waals surface area contributed by atoms with Crippen molar-refractivity contribution in [1.29, 1.82) is 0 Å². The molecule has 0 atom stereocenters. The molecule has 0 radical (unpaired) electrons. The number of azo groups is 1. The lowest BCUT2D eigenvalue weighted by molar-refractivity contribution is 0.0723. The number of pyridine rings is 1. The van der Waals surface area contributed by atoms with Gasteiger partial charge in [-0.05, 0) is 49.6 Å². The topological polar surface area (TPSA) is 70.4 Å². The molecule has 7 heteroatoms. The number of amides is 1. The quantitative estimate of drug-likeness (QED) is 0.772. The average molecular weight is 365 g/mol. The van der Waals surface area contributed by atoms with Gasteiger partial charge >= 0.3 is 0 Å². The van der Waals surface area contributed by atoms with Crippen molar-refractivity contribution in [2.75, 3.05) is 38.2 Å². The first-order chi connectivity index (χ1) is 13.3. The van der Waals surface area contributed by atoms with Crippen LogP contribution in [0.2, 0.25) is 0 Å². The van der Waals surface area contributed by atoms with Crippen molar-refractivity contribution < 1.29 is 9.53 Å². The summed E-state index contributed by atoms with van der Waals surface area (Å²) in [5.41, 5.74) is 2.42. The predicted molar refractivity (Wildman–Crippen MR) is 103 cm³/mol. The molecule has 0 aliphatic carbocycles. The molecule has 3 heterocycles. The number of hydrogen-bond donors (Lipinski definition) is 0. The van der Waals surface area contributed by atoms with Gasteiger partial charge in [-0.15, -0.1) is 0 Å². The van der Waals surface area contributed by atoms with Gasteiger partial charge in [0, 0.05) is 32.0 Å². The summed E-state index contributed by atoms with van der Waals surface area (Å²) in [5, 5.41) is 7.83. The summed E-state index contributed by atoms with van der Waals surface area (Å²) in [4.78, 5) is 21.3. The summed E-state index contributed by atoms with van der Waals surface area (Å²) < 4.78 is 5.81. The number of benzene rings is 1. The lowest BCUT2D eigenvalue weighted by atomic mass is 10.1. The van der Waals surface area contributed by atoms with Gasteiger partial charge in [0.1, 0.15) is 6.61 Å². The first-order valence-electron chi connectivity index (χ1n) is 9.36. The second kappa shape index (κ2) is 7.73. The molecule has 140 valence electrons. The number of rotatable bonds is 3. The fourth-order valence-corrected chi connectivity index (χ4v) is 3.56. The van der Waals surface area contributed by atoms with Crippen LogP contribution in [0.25, 0.3) is 0 Å². The molecule has 4 rings (SSSR count). The van der Waals surface area contributed by atoms with Gasteiger partial charge in [-0.25, -0.2) is 4.98 Å². The van der Waals surface area contributed by atoms with Crippen LogP contribution >= 0.6 is 0 Å². The lowest BCUT2D eigenvalue weighted by Crippen LogP contribution is -2.36. The minimum absolute atomic E-state index is 0.0417. The Hall–Kier alpha value is -2.96. The van der Waals surface area contributed by atoms with Crippen molar-refractivity contribution in [3.63, 3.8) is 0 Å².